The number of aryl methyl sites for hydroxylation is 2. The molecule has 0 saturated heterocycles. The van der Waals surface area contributed by atoms with Gasteiger partial charge in [0.1, 0.15) is 5.69 Å². The van der Waals surface area contributed by atoms with E-state index >= 15 is 0 Å². The maximum Gasteiger partial charge on any atom is 0.347 e. The van der Waals surface area contributed by atoms with E-state index in [9.17, 15) is 29.1 Å². The second-order valence-corrected chi connectivity index (χ2v) is 12.2. The zero-order chi connectivity index (χ0) is 34.9. The Bertz CT molecular complexity index is 2400. The van der Waals surface area contributed by atoms with Crippen molar-refractivity contribution in [3.05, 3.63) is 107 Å². The molecule has 3 aliphatic rings. The minimum atomic E-state index is -0.764. The van der Waals surface area contributed by atoms with Gasteiger partial charge in [-0.3, -0.25) is 14.4 Å². The monoisotopic (exact) mass is 667 g/mol. The first-order valence-electron chi connectivity index (χ1n) is 15.6. The normalized spacial score (nSPS) is 18.5. The molecule has 0 saturated carbocycles. The first kappa shape index (κ1) is 31.7. The van der Waals surface area contributed by atoms with Crippen LogP contribution in [-0.4, -0.2) is 61.5 Å². The zero-order valence-corrected chi connectivity index (χ0v) is 27.5. The van der Waals surface area contributed by atoms with Gasteiger partial charge in [0.05, 0.1) is 44.9 Å². The van der Waals surface area contributed by atoms with E-state index < -0.39 is 23.3 Å². The van der Waals surface area contributed by atoms with Crippen molar-refractivity contribution in [3.8, 4) is 23.0 Å². The van der Waals surface area contributed by atoms with Crippen LogP contribution in [0.5, 0.6) is 23.0 Å². The molecule has 0 fully saturated rings. The summed E-state index contributed by atoms with van der Waals surface area (Å²) in [6.07, 6.45) is 3.13. The van der Waals surface area contributed by atoms with Crippen LogP contribution < -0.4 is 31.1 Å². The molecule has 0 amide bonds. The third kappa shape index (κ3) is 4.77. The highest BCUT2D eigenvalue weighted by Gasteiger charge is 2.44. The van der Waals surface area contributed by atoms with E-state index in [1.165, 1.54) is 47.4 Å². The summed E-state index contributed by atoms with van der Waals surface area (Å²) < 4.78 is 21.1. The Kier molecular flexibility index (Phi) is 7.53. The number of ketones is 2. The molecular formula is C35H33N5O9. The van der Waals surface area contributed by atoms with Gasteiger partial charge in [0.15, 0.2) is 34.6 Å². The van der Waals surface area contributed by atoms with Crippen LogP contribution in [0.1, 0.15) is 36.6 Å². The third-order valence-electron chi connectivity index (χ3n) is 9.67. The van der Waals surface area contributed by atoms with Gasteiger partial charge < -0.3 is 23.9 Å². The first-order valence-corrected chi connectivity index (χ1v) is 15.6. The molecule has 0 unspecified atom stereocenters. The third-order valence-corrected chi connectivity index (χ3v) is 9.67. The van der Waals surface area contributed by atoms with Crippen molar-refractivity contribution in [1.29, 1.82) is 0 Å². The quantitative estimate of drug-likeness (QED) is 0.228. The Morgan fingerprint density at radius 1 is 0.939 bits per heavy atom. The number of benzene rings is 2. The largest absolute Gasteiger partial charge is 0.504 e. The number of fused-ring (bicyclic) bond motifs is 4. The Morgan fingerprint density at radius 3 is 2.35 bits per heavy atom. The number of Topliss-reactive ketones (excluding diaryl/α,β-unsaturated/α-hetero) is 1. The van der Waals surface area contributed by atoms with Crippen LogP contribution in [0.25, 0.3) is 11.0 Å². The predicted octanol–water partition coefficient (Wildman–Crippen LogP) is 2.10. The van der Waals surface area contributed by atoms with E-state index in [-0.39, 0.29) is 71.4 Å². The van der Waals surface area contributed by atoms with Crippen LogP contribution >= 0.6 is 0 Å². The lowest BCUT2D eigenvalue weighted by Gasteiger charge is -2.39. The molecule has 1 N–H and O–H groups in total. The number of phenols is 1. The van der Waals surface area contributed by atoms with Crippen LogP contribution in [0.2, 0.25) is 0 Å². The second-order valence-electron chi connectivity index (χ2n) is 12.2. The van der Waals surface area contributed by atoms with Gasteiger partial charge in [-0.05, 0) is 36.3 Å². The number of carbonyl (C=O) groups is 2. The van der Waals surface area contributed by atoms with Gasteiger partial charge in [-0.2, -0.15) is 0 Å². The van der Waals surface area contributed by atoms with E-state index in [2.05, 4.69) is 4.98 Å². The smallest absolute Gasteiger partial charge is 0.347 e. The van der Waals surface area contributed by atoms with Crippen LogP contribution in [0.15, 0.2) is 79.2 Å². The lowest BCUT2D eigenvalue weighted by molar-refractivity contribution is -0.116. The fraction of sp³-hybridized carbons (Fsp3) is 0.314. The highest BCUT2D eigenvalue weighted by atomic mass is 16.5. The van der Waals surface area contributed by atoms with Gasteiger partial charge in [0, 0.05) is 61.2 Å². The van der Waals surface area contributed by atoms with Crippen LogP contribution in [0.3, 0.4) is 0 Å². The number of nitrogens with zero attached hydrogens (tertiary/aromatic N) is 5. The van der Waals surface area contributed by atoms with Gasteiger partial charge in [-0.1, -0.05) is 12.1 Å². The maximum absolute atomic E-state index is 14.1. The number of ether oxygens (including phenoxy) is 3. The second kappa shape index (κ2) is 11.6. The van der Waals surface area contributed by atoms with Crippen molar-refractivity contribution in [2.45, 2.75) is 44.8 Å². The average molecular weight is 668 g/mol. The van der Waals surface area contributed by atoms with Crippen molar-refractivity contribution in [3.63, 3.8) is 0 Å². The van der Waals surface area contributed by atoms with Crippen molar-refractivity contribution in [2.75, 3.05) is 21.3 Å². The van der Waals surface area contributed by atoms with E-state index in [1.807, 2.05) is 0 Å². The van der Waals surface area contributed by atoms with E-state index in [1.54, 1.807) is 44.3 Å². The van der Waals surface area contributed by atoms with Crippen LogP contribution in [0.4, 0.5) is 0 Å². The number of aromatic nitrogens is 5. The SMILES string of the molecule is COc1ccc([C@H]2C3=CCn4c(=O)n(CCc5nc6cc(OC)c(OC)cc6n(C)c5=O)c(=O)n4[C@@H]3CC3=C2C(=O)C=C(C)C3=O)cc1O. The molecule has 2 aliphatic carbocycles. The van der Waals surface area contributed by atoms with Crippen molar-refractivity contribution in [2.24, 2.45) is 7.05 Å². The molecule has 0 radical (unpaired) electrons. The zero-order valence-electron chi connectivity index (χ0n) is 27.5. The number of carbonyl (C=O) groups excluding carboxylic acids is 2. The minimum Gasteiger partial charge on any atom is -0.504 e. The number of methoxy groups -OCH3 is 3. The summed E-state index contributed by atoms with van der Waals surface area (Å²) in [5, 5.41) is 10.6. The van der Waals surface area contributed by atoms with E-state index in [4.69, 9.17) is 14.2 Å². The van der Waals surface area contributed by atoms with Gasteiger partial charge in [-0.25, -0.2) is 28.5 Å². The number of hydrogen-bond acceptors (Lipinski definition) is 10. The minimum absolute atomic E-state index is 0.0128. The molecule has 1 aliphatic heterocycles. The summed E-state index contributed by atoms with van der Waals surface area (Å²) in [7, 11) is 6.01. The van der Waals surface area contributed by atoms with Crippen LogP contribution in [0, 0.1) is 0 Å². The Hall–Kier alpha value is -5.92. The summed E-state index contributed by atoms with van der Waals surface area (Å²) in [5.41, 5.74) is 1.60. The lowest BCUT2D eigenvalue weighted by atomic mass is 9.68. The molecule has 14 nitrogen and oxygen atoms in total. The Morgan fingerprint density at radius 2 is 1.65 bits per heavy atom. The highest BCUT2D eigenvalue weighted by molar-refractivity contribution is 6.23. The molecule has 252 valence electrons. The molecule has 7 rings (SSSR count). The molecule has 2 aromatic heterocycles. The van der Waals surface area contributed by atoms with Crippen molar-refractivity contribution < 1.29 is 28.9 Å². The number of phenolic OH excluding ortho intramolecular Hbond substituents is 1. The van der Waals surface area contributed by atoms with Crippen molar-refractivity contribution in [1.82, 2.24) is 23.5 Å². The van der Waals surface area contributed by atoms with Gasteiger partial charge in [0.2, 0.25) is 0 Å². The lowest BCUT2D eigenvalue weighted by Crippen LogP contribution is -2.40. The standard InChI is InChI=1S/C35H33N5O9/c1-17-12-26(42)31-20(32(17)43)14-23-19(30(31)18-6-7-27(47-3)25(41)13-18)8-11-39-34(45)38(35(46)40(23)39)10-9-21-33(44)37(2)24-16-29(49-5)28(48-4)15-22(24)36-21/h6-8,12-13,15-16,23,30,41H,9-11,14H2,1-5H3/t23-,30+/m1/s1. The molecule has 2 atom stereocenters. The topological polar surface area (TPSA) is 166 Å². The number of hydrogen-bond donors (Lipinski definition) is 1. The molecule has 0 spiro atoms. The Balaban J connectivity index is 1.29. The van der Waals surface area contributed by atoms with Crippen molar-refractivity contribution >= 4 is 22.6 Å². The molecule has 0 bridgehead atoms. The van der Waals surface area contributed by atoms with Gasteiger partial charge in [-0.15, -0.1) is 0 Å². The maximum atomic E-state index is 14.1. The molecule has 2 aromatic carbocycles. The molecule has 4 aromatic rings. The summed E-state index contributed by atoms with van der Waals surface area (Å²) in [4.78, 5) is 72.6. The van der Waals surface area contributed by atoms with E-state index in [0.717, 1.165) is 4.57 Å². The Labute approximate surface area is 278 Å². The van der Waals surface area contributed by atoms with Crippen LogP contribution in [-0.2, 0) is 36.1 Å². The molecule has 14 heteroatoms. The van der Waals surface area contributed by atoms with Gasteiger partial charge >= 0.3 is 11.4 Å². The molecule has 3 heterocycles. The fourth-order valence-corrected chi connectivity index (χ4v) is 7.25. The summed E-state index contributed by atoms with van der Waals surface area (Å²) in [6, 6.07) is 7.31. The van der Waals surface area contributed by atoms with E-state index in [0.29, 0.717) is 39.2 Å². The average Bonchev–Trinajstić information content (AvgIpc) is 3.34. The predicted molar refractivity (Wildman–Crippen MR) is 177 cm³/mol. The number of allylic oxidation sites excluding steroid dienone is 6. The summed E-state index contributed by atoms with van der Waals surface area (Å²) >= 11 is 0. The summed E-state index contributed by atoms with van der Waals surface area (Å²) in [5.74, 6) is -0.423. The van der Waals surface area contributed by atoms with Gasteiger partial charge in [0.25, 0.3) is 5.56 Å². The number of aromatic hydroxyl groups is 1. The summed E-state index contributed by atoms with van der Waals surface area (Å²) in [6.45, 7) is 1.47. The molecule has 49 heavy (non-hydrogen) atoms. The first-order chi connectivity index (χ1) is 23.5. The number of rotatable bonds is 7. The fourth-order valence-electron chi connectivity index (χ4n) is 7.25. The molecular weight excluding hydrogens is 634 g/mol. The highest BCUT2D eigenvalue weighted by Crippen LogP contribution is 2.50.